The molecule has 0 bridgehead atoms. The van der Waals surface area contributed by atoms with Gasteiger partial charge in [0.2, 0.25) is 0 Å². The fraction of sp³-hybridized carbons (Fsp3) is 0.385. The van der Waals surface area contributed by atoms with Gasteiger partial charge in [-0.25, -0.2) is 9.37 Å². The van der Waals surface area contributed by atoms with Gasteiger partial charge in [0, 0.05) is 18.7 Å². The van der Waals surface area contributed by atoms with Crippen LogP contribution < -0.4 is 10.9 Å². The van der Waals surface area contributed by atoms with E-state index in [2.05, 4.69) is 10.3 Å². The minimum Gasteiger partial charge on any atom is -0.312 e. The summed E-state index contributed by atoms with van der Waals surface area (Å²) in [5.41, 5.74) is 0.310. The highest BCUT2D eigenvalue weighted by atomic mass is 19.1. The molecule has 0 amide bonds. The minimum absolute atomic E-state index is 0.103. The molecular weight excluding hydrogens is 233 g/mol. The van der Waals surface area contributed by atoms with Crippen LogP contribution in [0.3, 0.4) is 0 Å². The molecule has 2 heterocycles. The Morgan fingerprint density at radius 3 is 3.17 bits per heavy atom. The van der Waals surface area contributed by atoms with Crippen LogP contribution in [0.4, 0.5) is 4.39 Å². The van der Waals surface area contributed by atoms with Crippen molar-refractivity contribution in [1.29, 1.82) is 0 Å². The smallest absolute Gasteiger partial charge is 0.261 e. The van der Waals surface area contributed by atoms with Crippen molar-refractivity contribution in [3.8, 4) is 0 Å². The van der Waals surface area contributed by atoms with E-state index in [0.717, 1.165) is 19.4 Å². The van der Waals surface area contributed by atoms with E-state index in [0.29, 0.717) is 23.5 Å². The van der Waals surface area contributed by atoms with Crippen LogP contribution in [0.15, 0.2) is 29.3 Å². The zero-order chi connectivity index (χ0) is 12.5. The van der Waals surface area contributed by atoms with Crippen molar-refractivity contribution in [2.24, 2.45) is 0 Å². The van der Waals surface area contributed by atoms with Crippen molar-refractivity contribution in [2.45, 2.75) is 25.4 Å². The van der Waals surface area contributed by atoms with Crippen LogP contribution in [-0.4, -0.2) is 22.1 Å². The second-order valence-corrected chi connectivity index (χ2v) is 4.66. The third-order valence-corrected chi connectivity index (χ3v) is 3.37. The van der Waals surface area contributed by atoms with E-state index in [9.17, 15) is 9.18 Å². The highest BCUT2D eigenvalue weighted by Crippen LogP contribution is 2.10. The Morgan fingerprint density at radius 1 is 1.50 bits per heavy atom. The zero-order valence-electron chi connectivity index (χ0n) is 9.90. The highest BCUT2D eigenvalue weighted by Gasteiger charge is 2.15. The largest absolute Gasteiger partial charge is 0.312 e. The Hall–Kier alpha value is -1.75. The van der Waals surface area contributed by atoms with Crippen LogP contribution in [-0.2, 0) is 6.54 Å². The Labute approximate surface area is 103 Å². The minimum atomic E-state index is -0.371. The molecule has 3 rings (SSSR count). The lowest BCUT2D eigenvalue weighted by Crippen LogP contribution is -2.32. The fourth-order valence-corrected chi connectivity index (χ4v) is 2.41. The molecule has 94 valence electrons. The second-order valence-electron chi connectivity index (χ2n) is 4.66. The number of hydrogen-bond donors (Lipinski definition) is 1. The molecule has 1 aromatic heterocycles. The number of nitrogens with one attached hydrogen (secondary N) is 1. The van der Waals surface area contributed by atoms with Crippen molar-refractivity contribution in [3.05, 3.63) is 40.7 Å². The first-order valence-corrected chi connectivity index (χ1v) is 6.12. The van der Waals surface area contributed by atoms with Gasteiger partial charge in [0.25, 0.3) is 5.56 Å². The first-order valence-electron chi connectivity index (χ1n) is 6.12. The van der Waals surface area contributed by atoms with Crippen molar-refractivity contribution in [3.63, 3.8) is 0 Å². The monoisotopic (exact) mass is 247 g/mol. The van der Waals surface area contributed by atoms with Crippen molar-refractivity contribution >= 4 is 10.9 Å². The summed E-state index contributed by atoms with van der Waals surface area (Å²) in [7, 11) is 0. The molecular formula is C13H14FN3O. The summed E-state index contributed by atoms with van der Waals surface area (Å²) in [5, 5.41) is 3.81. The standard InChI is InChI=1S/C13H14FN3O/c14-9-3-4-11-12(6-9)16-8-17(13(11)18)7-10-2-1-5-15-10/h3-4,6,8,10,15H,1-2,5,7H2. The molecule has 1 atom stereocenters. The fourth-order valence-electron chi connectivity index (χ4n) is 2.41. The van der Waals surface area contributed by atoms with Crippen LogP contribution in [0.1, 0.15) is 12.8 Å². The van der Waals surface area contributed by atoms with E-state index in [-0.39, 0.29) is 11.4 Å². The van der Waals surface area contributed by atoms with E-state index in [1.54, 1.807) is 4.57 Å². The van der Waals surface area contributed by atoms with Gasteiger partial charge in [-0.3, -0.25) is 9.36 Å². The lowest BCUT2D eigenvalue weighted by molar-refractivity contribution is 0.497. The summed E-state index contributed by atoms with van der Waals surface area (Å²) in [5.74, 6) is -0.371. The molecule has 1 fully saturated rings. The summed E-state index contributed by atoms with van der Waals surface area (Å²) < 4.78 is 14.6. The number of nitrogens with zero attached hydrogens (tertiary/aromatic N) is 2. The van der Waals surface area contributed by atoms with Gasteiger partial charge in [0.1, 0.15) is 5.82 Å². The molecule has 18 heavy (non-hydrogen) atoms. The number of benzene rings is 1. The Kier molecular flexibility index (Phi) is 2.83. The van der Waals surface area contributed by atoms with Crippen LogP contribution in [0.25, 0.3) is 10.9 Å². The van der Waals surface area contributed by atoms with Gasteiger partial charge in [-0.1, -0.05) is 0 Å². The van der Waals surface area contributed by atoms with Gasteiger partial charge >= 0.3 is 0 Å². The van der Waals surface area contributed by atoms with Crippen molar-refractivity contribution in [1.82, 2.24) is 14.9 Å². The number of rotatable bonds is 2. The van der Waals surface area contributed by atoms with E-state index in [1.165, 1.54) is 24.5 Å². The predicted octanol–water partition coefficient (Wildman–Crippen LogP) is 1.29. The van der Waals surface area contributed by atoms with Gasteiger partial charge in [0.05, 0.1) is 17.2 Å². The Morgan fingerprint density at radius 2 is 2.39 bits per heavy atom. The number of halogens is 1. The first kappa shape index (κ1) is 11.3. The third-order valence-electron chi connectivity index (χ3n) is 3.37. The van der Waals surface area contributed by atoms with Crippen LogP contribution in [0.5, 0.6) is 0 Å². The Bertz CT molecular complexity index is 632. The molecule has 5 heteroatoms. The molecule has 0 spiro atoms. The van der Waals surface area contributed by atoms with Crippen molar-refractivity contribution < 1.29 is 4.39 Å². The lowest BCUT2D eigenvalue weighted by atomic mass is 10.2. The summed E-state index contributed by atoms with van der Waals surface area (Å²) in [6, 6.07) is 4.42. The summed E-state index contributed by atoms with van der Waals surface area (Å²) in [4.78, 5) is 16.3. The molecule has 0 saturated carbocycles. The number of fused-ring (bicyclic) bond motifs is 1. The van der Waals surface area contributed by atoms with Gasteiger partial charge in [-0.05, 0) is 31.5 Å². The third kappa shape index (κ3) is 2.01. The molecule has 1 saturated heterocycles. The molecule has 0 aliphatic carbocycles. The van der Waals surface area contributed by atoms with Gasteiger partial charge < -0.3 is 5.32 Å². The maximum Gasteiger partial charge on any atom is 0.261 e. The van der Waals surface area contributed by atoms with E-state index in [4.69, 9.17) is 0 Å². The average Bonchev–Trinajstić information content (AvgIpc) is 2.85. The molecule has 0 radical (unpaired) electrons. The molecule has 1 aliphatic rings. The molecule has 1 aliphatic heterocycles. The first-order chi connectivity index (χ1) is 8.74. The molecule has 2 aromatic rings. The van der Waals surface area contributed by atoms with E-state index in [1.807, 2.05) is 0 Å². The lowest BCUT2D eigenvalue weighted by Gasteiger charge is -2.12. The van der Waals surface area contributed by atoms with E-state index < -0.39 is 0 Å². The number of hydrogen-bond acceptors (Lipinski definition) is 3. The van der Waals surface area contributed by atoms with Crippen LogP contribution in [0.2, 0.25) is 0 Å². The van der Waals surface area contributed by atoms with E-state index >= 15 is 0 Å². The van der Waals surface area contributed by atoms with Crippen molar-refractivity contribution in [2.75, 3.05) is 6.54 Å². The molecule has 4 nitrogen and oxygen atoms in total. The van der Waals surface area contributed by atoms with Gasteiger partial charge in [0.15, 0.2) is 0 Å². The maximum atomic E-state index is 13.0. The molecule has 1 aromatic carbocycles. The number of aromatic nitrogens is 2. The molecule has 1 unspecified atom stereocenters. The normalized spacial score (nSPS) is 19.5. The average molecular weight is 247 g/mol. The molecule has 1 N–H and O–H groups in total. The van der Waals surface area contributed by atoms with Crippen LogP contribution >= 0.6 is 0 Å². The quantitative estimate of drug-likeness (QED) is 0.869. The van der Waals surface area contributed by atoms with Crippen LogP contribution in [0, 0.1) is 5.82 Å². The Balaban J connectivity index is 2.00. The summed E-state index contributed by atoms with van der Waals surface area (Å²) in [6.07, 6.45) is 3.73. The van der Waals surface area contributed by atoms with Gasteiger partial charge in [-0.2, -0.15) is 0 Å². The predicted molar refractivity (Wildman–Crippen MR) is 67.0 cm³/mol. The topological polar surface area (TPSA) is 46.9 Å². The summed E-state index contributed by atoms with van der Waals surface area (Å²) >= 11 is 0. The highest BCUT2D eigenvalue weighted by molar-refractivity contribution is 5.77. The second kappa shape index (κ2) is 4.49. The maximum absolute atomic E-state index is 13.0. The zero-order valence-corrected chi connectivity index (χ0v) is 9.90. The SMILES string of the molecule is O=c1c2ccc(F)cc2ncn1CC1CCCN1. The summed E-state index contributed by atoms with van der Waals surface area (Å²) in [6.45, 7) is 1.63. The van der Waals surface area contributed by atoms with Gasteiger partial charge in [-0.15, -0.1) is 0 Å².